The Morgan fingerprint density at radius 3 is 2.90 bits per heavy atom. The first kappa shape index (κ1) is 15.4. The number of amides is 1. The second-order valence-electron chi connectivity index (χ2n) is 5.37. The molecule has 20 heavy (non-hydrogen) atoms. The maximum atomic E-state index is 12.3. The lowest BCUT2D eigenvalue weighted by Gasteiger charge is -2.38. The topological polar surface area (TPSA) is 58.4 Å². The normalized spacial score (nSPS) is 23.1. The van der Waals surface area contributed by atoms with Gasteiger partial charge in [-0.2, -0.15) is 0 Å². The van der Waals surface area contributed by atoms with Crippen molar-refractivity contribution in [3.8, 4) is 0 Å². The van der Waals surface area contributed by atoms with Gasteiger partial charge in [-0.15, -0.1) is 11.8 Å². The van der Waals surface area contributed by atoms with E-state index in [1.54, 1.807) is 11.8 Å². The number of aryl methyl sites for hydroxylation is 2. The molecule has 2 atom stereocenters. The van der Waals surface area contributed by atoms with Crippen LogP contribution in [-0.2, 0) is 10.5 Å². The molecule has 0 aromatic carbocycles. The third-order valence-corrected chi connectivity index (χ3v) is 4.95. The molecular formula is C14H23N3O2S. The lowest BCUT2D eigenvalue weighted by Crippen LogP contribution is -2.57. The summed E-state index contributed by atoms with van der Waals surface area (Å²) in [6, 6.07) is 0.621. The van der Waals surface area contributed by atoms with Crippen molar-refractivity contribution in [2.45, 2.75) is 45.5 Å². The van der Waals surface area contributed by atoms with Crippen molar-refractivity contribution in [3.63, 3.8) is 0 Å². The van der Waals surface area contributed by atoms with E-state index >= 15 is 0 Å². The summed E-state index contributed by atoms with van der Waals surface area (Å²) in [5, 5.41) is 7.32. The quantitative estimate of drug-likeness (QED) is 0.917. The Bertz CT molecular complexity index is 455. The lowest BCUT2D eigenvalue weighted by atomic mass is 10.1. The van der Waals surface area contributed by atoms with Gasteiger partial charge in [0.05, 0.1) is 11.4 Å². The molecule has 0 saturated carbocycles. The Morgan fingerprint density at radius 1 is 1.50 bits per heavy atom. The molecule has 1 aromatic heterocycles. The molecule has 0 radical (unpaired) electrons. The van der Waals surface area contributed by atoms with Crippen molar-refractivity contribution >= 4 is 17.7 Å². The van der Waals surface area contributed by atoms with Gasteiger partial charge < -0.3 is 14.7 Å². The zero-order chi connectivity index (χ0) is 14.7. The number of thioether (sulfide) groups is 1. The molecule has 2 heterocycles. The molecule has 1 aliphatic rings. The van der Waals surface area contributed by atoms with Crippen LogP contribution in [-0.4, -0.2) is 46.9 Å². The third kappa shape index (κ3) is 3.35. The van der Waals surface area contributed by atoms with E-state index < -0.39 is 0 Å². The Balaban J connectivity index is 1.83. The summed E-state index contributed by atoms with van der Waals surface area (Å²) in [7, 11) is 0. The molecule has 1 aliphatic heterocycles. The van der Waals surface area contributed by atoms with Crippen LogP contribution < -0.4 is 5.32 Å². The van der Waals surface area contributed by atoms with Crippen molar-refractivity contribution in [2.75, 3.05) is 18.8 Å². The highest BCUT2D eigenvalue weighted by Crippen LogP contribution is 2.20. The standard InChI is InChI=1S/C14H23N3O2S/c1-9-11(3)17(6-5-15-9)14(18)8-20-7-13-10(2)16-19-12(13)4/h9,11,15H,5-8H2,1-4H3. The minimum atomic E-state index is 0.225. The Hall–Kier alpha value is -1.01. The first-order valence-electron chi connectivity index (χ1n) is 7.03. The first-order chi connectivity index (χ1) is 9.50. The van der Waals surface area contributed by atoms with E-state index in [-0.39, 0.29) is 11.9 Å². The Morgan fingerprint density at radius 2 is 2.25 bits per heavy atom. The minimum absolute atomic E-state index is 0.225. The molecule has 5 nitrogen and oxygen atoms in total. The highest BCUT2D eigenvalue weighted by molar-refractivity contribution is 7.99. The van der Waals surface area contributed by atoms with Crippen LogP contribution >= 0.6 is 11.8 Å². The van der Waals surface area contributed by atoms with Crippen LogP contribution in [0.5, 0.6) is 0 Å². The number of carbonyl (C=O) groups excluding carboxylic acids is 1. The molecule has 1 N–H and O–H groups in total. The van der Waals surface area contributed by atoms with Gasteiger partial charge in [0.25, 0.3) is 0 Å². The zero-order valence-corrected chi connectivity index (χ0v) is 13.4. The number of hydrogen-bond acceptors (Lipinski definition) is 5. The van der Waals surface area contributed by atoms with Gasteiger partial charge in [0.2, 0.25) is 5.91 Å². The highest BCUT2D eigenvalue weighted by Gasteiger charge is 2.27. The molecule has 0 bridgehead atoms. The molecule has 1 aromatic rings. The molecule has 0 aliphatic carbocycles. The van der Waals surface area contributed by atoms with Gasteiger partial charge in [0.1, 0.15) is 5.76 Å². The number of nitrogens with zero attached hydrogens (tertiary/aromatic N) is 2. The van der Waals surface area contributed by atoms with Crippen molar-refractivity contribution in [3.05, 3.63) is 17.0 Å². The molecule has 6 heteroatoms. The molecular weight excluding hydrogens is 274 g/mol. The van der Waals surface area contributed by atoms with Crippen LogP contribution in [0.1, 0.15) is 30.9 Å². The van der Waals surface area contributed by atoms with Crippen molar-refractivity contribution < 1.29 is 9.32 Å². The van der Waals surface area contributed by atoms with Gasteiger partial charge >= 0.3 is 0 Å². The molecule has 112 valence electrons. The molecule has 1 amide bonds. The van der Waals surface area contributed by atoms with Crippen LogP contribution in [0.3, 0.4) is 0 Å². The average molecular weight is 297 g/mol. The molecule has 0 spiro atoms. The Labute approximate surface area is 124 Å². The van der Waals surface area contributed by atoms with Crippen molar-refractivity contribution in [1.29, 1.82) is 0 Å². The monoisotopic (exact) mass is 297 g/mol. The predicted octanol–water partition coefficient (Wildman–Crippen LogP) is 1.73. The van der Waals surface area contributed by atoms with Gasteiger partial charge in [0.15, 0.2) is 0 Å². The van der Waals surface area contributed by atoms with Gasteiger partial charge in [-0.1, -0.05) is 5.16 Å². The second-order valence-corrected chi connectivity index (χ2v) is 6.35. The van der Waals surface area contributed by atoms with Crippen molar-refractivity contribution in [2.24, 2.45) is 0 Å². The SMILES string of the molecule is Cc1noc(C)c1CSCC(=O)N1CCNC(C)C1C. The number of aromatic nitrogens is 1. The van der Waals surface area contributed by atoms with E-state index in [2.05, 4.69) is 24.3 Å². The highest BCUT2D eigenvalue weighted by atomic mass is 32.2. The lowest BCUT2D eigenvalue weighted by molar-refractivity contribution is -0.131. The van der Waals surface area contributed by atoms with Crippen LogP contribution in [0.4, 0.5) is 0 Å². The number of piperazine rings is 1. The number of carbonyl (C=O) groups is 1. The van der Waals surface area contributed by atoms with E-state index in [0.717, 1.165) is 35.9 Å². The maximum Gasteiger partial charge on any atom is 0.232 e. The molecule has 1 saturated heterocycles. The fraction of sp³-hybridized carbons (Fsp3) is 0.714. The number of hydrogen-bond donors (Lipinski definition) is 1. The third-order valence-electron chi connectivity index (χ3n) is 4.01. The minimum Gasteiger partial charge on any atom is -0.361 e. The summed E-state index contributed by atoms with van der Waals surface area (Å²) >= 11 is 1.63. The zero-order valence-electron chi connectivity index (χ0n) is 12.6. The number of nitrogens with one attached hydrogen (secondary N) is 1. The van der Waals surface area contributed by atoms with Gasteiger partial charge in [-0.25, -0.2) is 0 Å². The van der Waals surface area contributed by atoms with E-state index in [0.29, 0.717) is 11.8 Å². The van der Waals surface area contributed by atoms with Gasteiger partial charge in [0, 0.05) is 36.5 Å². The fourth-order valence-corrected chi connectivity index (χ4v) is 3.50. The molecule has 2 unspecified atom stereocenters. The summed E-state index contributed by atoms with van der Waals surface area (Å²) in [5.41, 5.74) is 2.04. The van der Waals surface area contributed by atoms with Crippen molar-refractivity contribution in [1.82, 2.24) is 15.4 Å². The summed E-state index contributed by atoms with van der Waals surface area (Å²) in [5.74, 6) is 2.37. The van der Waals surface area contributed by atoms with E-state index in [4.69, 9.17) is 4.52 Å². The van der Waals surface area contributed by atoms with Gasteiger partial charge in [-0.05, 0) is 27.7 Å². The summed E-state index contributed by atoms with van der Waals surface area (Å²) < 4.78 is 5.13. The van der Waals surface area contributed by atoms with Crippen LogP contribution in [0.2, 0.25) is 0 Å². The van der Waals surface area contributed by atoms with Crippen LogP contribution in [0.15, 0.2) is 4.52 Å². The largest absolute Gasteiger partial charge is 0.361 e. The van der Waals surface area contributed by atoms with Gasteiger partial charge in [-0.3, -0.25) is 4.79 Å². The van der Waals surface area contributed by atoms with E-state index in [9.17, 15) is 4.79 Å². The molecule has 2 rings (SSSR count). The van der Waals surface area contributed by atoms with E-state index in [1.807, 2.05) is 18.7 Å². The average Bonchev–Trinajstić information content (AvgIpc) is 2.73. The van der Waals surface area contributed by atoms with Crippen LogP contribution in [0.25, 0.3) is 0 Å². The van der Waals surface area contributed by atoms with E-state index in [1.165, 1.54) is 0 Å². The first-order valence-corrected chi connectivity index (χ1v) is 8.18. The molecule has 1 fully saturated rings. The second kappa shape index (κ2) is 6.63. The smallest absolute Gasteiger partial charge is 0.232 e. The summed E-state index contributed by atoms with van der Waals surface area (Å²) in [6.45, 7) is 9.77. The summed E-state index contributed by atoms with van der Waals surface area (Å²) in [4.78, 5) is 14.3. The van der Waals surface area contributed by atoms with Crippen LogP contribution in [0, 0.1) is 13.8 Å². The fourth-order valence-electron chi connectivity index (χ4n) is 2.44. The predicted molar refractivity (Wildman–Crippen MR) is 80.8 cm³/mol. The number of rotatable bonds is 4. The summed E-state index contributed by atoms with van der Waals surface area (Å²) in [6.07, 6.45) is 0. The maximum absolute atomic E-state index is 12.3. The Kier molecular flexibility index (Phi) is 5.10.